The quantitative estimate of drug-likeness (QED) is 0.678. The fraction of sp³-hybridized carbons (Fsp3) is 0.429. The van der Waals surface area contributed by atoms with Crippen molar-refractivity contribution in [2.24, 2.45) is 0 Å². The summed E-state index contributed by atoms with van der Waals surface area (Å²) in [6, 6.07) is 12.3. The number of nitrogens with zero attached hydrogens (tertiary/aromatic N) is 4. The number of hydrogen-bond donors (Lipinski definition) is 0. The average Bonchev–Trinajstić information content (AvgIpc) is 3.06. The van der Waals surface area contributed by atoms with Crippen LogP contribution < -0.4 is 0 Å². The molecular formula is C21H26N4O. The molecule has 0 spiro atoms. The van der Waals surface area contributed by atoms with Gasteiger partial charge < -0.3 is 9.64 Å². The average molecular weight is 350 g/mol. The van der Waals surface area contributed by atoms with Crippen LogP contribution in [0.25, 0.3) is 17.0 Å². The highest BCUT2D eigenvalue weighted by atomic mass is 16.5. The maximum absolute atomic E-state index is 5.87. The molecule has 0 unspecified atom stereocenters. The van der Waals surface area contributed by atoms with Gasteiger partial charge in [-0.2, -0.15) is 0 Å². The first-order chi connectivity index (χ1) is 12.8. The molecule has 5 nitrogen and oxygen atoms in total. The van der Waals surface area contributed by atoms with Crippen molar-refractivity contribution in [1.82, 2.24) is 19.3 Å². The summed E-state index contributed by atoms with van der Waals surface area (Å²) in [6.45, 7) is 2.78. The van der Waals surface area contributed by atoms with Crippen LogP contribution >= 0.6 is 0 Å². The van der Waals surface area contributed by atoms with Crippen molar-refractivity contribution >= 4 is 5.78 Å². The van der Waals surface area contributed by atoms with Crippen molar-refractivity contribution in [3.8, 4) is 11.3 Å². The van der Waals surface area contributed by atoms with E-state index in [9.17, 15) is 0 Å². The number of fused-ring (bicyclic) bond motifs is 1. The number of benzene rings is 1. The Morgan fingerprint density at radius 3 is 2.88 bits per heavy atom. The van der Waals surface area contributed by atoms with Crippen molar-refractivity contribution < 1.29 is 4.74 Å². The van der Waals surface area contributed by atoms with E-state index in [0.717, 1.165) is 43.2 Å². The van der Waals surface area contributed by atoms with E-state index in [0.29, 0.717) is 6.10 Å². The molecule has 3 heterocycles. The smallest absolute Gasteiger partial charge is 0.234 e. The summed E-state index contributed by atoms with van der Waals surface area (Å²) in [5.74, 6) is 0.755. The van der Waals surface area contributed by atoms with Crippen LogP contribution in [-0.2, 0) is 11.3 Å². The predicted octanol–water partition coefficient (Wildman–Crippen LogP) is 3.79. The van der Waals surface area contributed by atoms with Crippen LogP contribution in [0.5, 0.6) is 0 Å². The SMILES string of the molecule is CN(CC[C@H]1CCCCO1)Cc1c(-c2ccccc2)nc2ncccn12. The molecule has 1 aliphatic rings. The second kappa shape index (κ2) is 7.98. The predicted molar refractivity (Wildman–Crippen MR) is 103 cm³/mol. The minimum absolute atomic E-state index is 0.420. The van der Waals surface area contributed by atoms with E-state index in [1.54, 1.807) is 6.20 Å². The van der Waals surface area contributed by atoms with Crippen molar-refractivity contribution in [1.29, 1.82) is 0 Å². The summed E-state index contributed by atoms with van der Waals surface area (Å²) in [6.07, 6.45) is 9.06. The lowest BCUT2D eigenvalue weighted by Gasteiger charge is -2.25. The Morgan fingerprint density at radius 2 is 2.08 bits per heavy atom. The Balaban J connectivity index is 1.54. The summed E-state index contributed by atoms with van der Waals surface area (Å²) in [4.78, 5) is 11.6. The van der Waals surface area contributed by atoms with Crippen molar-refractivity contribution in [3.05, 3.63) is 54.5 Å². The molecule has 0 radical (unpaired) electrons. The molecule has 0 N–H and O–H groups in total. The van der Waals surface area contributed by atoms with Gasteiger partial charge in [-0.25, -0.2) is 9.97 Å². The van der Waals surface area contributed by atoms with E-state index >= 15 is 0 Å². The maximum atomic E-state index is 5.87. The van der Waals surface area contributed by atoms with Crippen LogP contribution in [-0.4, -0.2) is 45.6 Å². The minimum Gasteiger partial charge on any atom is -0.378 e. The first-order valence-electron chi connectivity index (χ1n) is 9.49. The Kier molecular flexibility index (Phi) is 5.27. The first kappa shape index (κ1) is 17.2. The Labute approximate surface area is 154 Å². The summed E-state index contributed by atoms with van der Waals surface area (Å²) in [7, 11) is 2.17. The minimum atomic E-state index is 0.420. The molecule has 136 valence electrons. The highest BCUT2D eigenvalue weighted by molar-refractivity contribution is 5.65. The van der Waals surface area contributed by atoms with Gasteiger partial charge in [-0.1, -0.05) is 30.3 Å². The van der Waals surface area contributed by atoms with Gasteiger partial charge in [-0.05, 0) is 38.8 Å². The van der Waals surface area contributed by atoms with Gasteiger partial charge in [0.15, 0.2) is 0 Å². The van der Waals surface area contributed by atoms with E-state index in [1.165, 1.54) is 25.0 Å². The molecule has 4 rings (SSSR count). The van der Waals surface area contributed by atoms with Gasteiger partial charge >= 0.3 is 0 Å². The lowest BCUT2D eigenvalue weighted by Crippen LogP contribution is -2.27. The van der Waals surface area contributed by atoms with E-state index in [4.69, 9.17) is 9.72 Å². The molecule has 0 bridgehead atoms. The van der Waals surface area contributed by atoms with Gasteiger partial charge in [-0.15, -0.1) is 0 Å². The molecule has 0 amide bonds. The number of ether oxygens (including phenoxy) is 1. The number of hydrogen-bond acceptors (Lipinski definition) is 4. The second-order valence-corrected chi connectivity index (χ2v) is 7.08. The maximum Gasteiger partial charge on any atom is 0.234 e. The van der Waals surface area contributed by atoms with Gasteiger partial charge in [0.2, 0.25) is 5.78 Å². The van der Waals surface area contributed by atoms with Gasteiger partial charge in [0.05, 0.1) is 17.5 Å². The van der Waals surface area contributed by atoms with E-state index in [2.05, 4.69) is 51.8 Å². The number of imidazole rings is 1. The Bertz CT molecular complexity index is 840. The van der Waals surface area contributed by atoms with Gasteiger partial charge in [-0.3, -0.25) is 4.40 Å². The fourth-order valence-electron chi connectivity index (χ4n) is 3.65. The summed E-state index contributed by atoms with van der Waals surface area (Å²) in [5, 5.41) is 0. The molecule has 1 aliphatic heterocycles. The zero-order chi connectivity index (χ0) is 17.8. The van der Waals surface area contributed by atoms with E-state index in [1.807, 2.05) is 12.1 Å². The lowest BCUT2D eigenvalue weighted by atomic mass is 10.1. The van der Waals surface area contributed by atoms with Gasteiger partial charge in [0.1, 0.15) is 0 Å². The van der Waals surface area contributed by atoms with Gasteiger partial charge in [0.25, 0.3) is 0 Å². The van der Waals surface area contributed by atoms with Crippen molar-refractivity contribution in [2.45, 2.75) is 38.3 Å². The summed E-state index contributed by atoms with van der Waals surface area (Å²) < 4.78 is 7.98. The van der Waals surface area contributed by atoms with Crippen LogP contribution in [0.1, 0.15) is 31.4 Å². The summed E-state index contributed by atoms with van der Waals surface area (Å²) >= 11 is 0. The van der Waals surface area contributed by atoms with E-state index in [-0.39, 0.29) is 0 Å². The third-order valence-corrected chi connectivity index (χ3v) is 5.08. The molecule has 5 heteroatoms. The standard InChI is InChI=1S/C21H26N4O/c1-24(14-11-18-10-5-6-15-26-18)16-19-20(17-8-3-2-4-9-17)23-21-22-12-7-13-25(19)21/h2-4,7-9,12-13,18H,5-6,10-11,14-16H2,1H3/t18-/m1/s1. The molecule has 1 atom stereocenters. The molecule has 1 fully saturated rings. The number of aromatic nitrogens is 3. The third-order valence-electron chi connectivity index (χ3n) is 5.08. The normalized spacial score (nSPS) is 17.8. The van der Waals surface area contributed by atoms with Crippen LogP contribution in [0, 0.1) is 0 Å². The topological polar surface area (TPSA) is 42.7 Å². The molecule has 2 aromatic heterocycles. The molecule has 26 heavy (non-hydrogen) atoms. The second-order valence-electron chi connectivity index (χ2n) is 7.08. The third kappa shape index (κ3) is 3.79. The Hall–Kier alpha value is -2.24. The summed E-state index contributed by atoms with van der Waals surface area (Å²) in [5.41, 5.74) is 3.34. The molecular weight excluding hydrogens is 324 g/mol. The highest BCUT2D eigenvalue weighted by Crippen LogP contribution is 2.25. The lowest BCUT2D eigenvalue weighted by molar-refractivity contribution is 0.00636. The van der Waals surface area contributed by atoms with Crippen LogP contribution in [0.2, 0.25) is 0 Å². The highest BCUT2D eigenvalue weighted by Gasteiger charge is 2.18. The van der Waals surface area contributed by atoms with E-state index < -0.39 is 0 Å². The first-order valence-corrected chi connectivity index (χ1v) is 9.49. The zero-order valence-corrected chi connectivity index (χ0v) is 15.3. The van der Waals surface area contributed by atoms with Crippen molar-refractivity contribution in [2.75, 3.05) is 20.2 Å². The zero-order valence-electron chi connectivity index (χ0n) is 15.3. The molecule has 1 saturated heterocycles. The monoisotopic (exact) mass is 350 g/mol. The van der Waals surface area contributed by atoms with Crippen LogP contribution in [0.4, 0.5) is 0 Å². The Morgan fingerprint density at radius 1 is 1.19 bits per heavy atom. The molecule has 0 aliphatic carbocycles. The van der Waals surface area contributed by atoms with Gasteiger partial charge in [0, 0.05) is 37.7 Å². The fourth-order valence-corrected chi connectivity index (χ4v) is 3.65. The molecule has 3 aromatic rings. The van der Waals surface area contributed by atoms with Crippen molar-refractivity contribution in [3.63, 3.8) is 0 Å². The van der Waals surface area contributed by atoms with Crippen LogP contribution in [0.15, 0.2) is 48.8 Å². The van der Waals surface area contributed by atoms with Crippen LogP contribution in [0.3, 0.4) is 0 Å². The molecule has 1 aromatic carbocycles. The largest absolute Gasteiger partial charge is 0.378 e. The molecule has 0 saturated carbocycles. The number of rotatable bonds is 6.